The third-order valence-electron chi connectivity index (χ3n) is 8.20. The molecule has 0 spiro atoms. The van der Waals surface area contributed by atoms with Crippen LogP contribution in [0.2, 0.25) is 0 Å². The summed E-state index contributed by atoms with van der Waals surface area (Å²) in [4.78, 5) is 17.3. The third kappa shape index (κ3) is 7.07. The van der Waals surface area contributed by atoms with Crippen LogP contribution in [-0.2, 0) is 20.9 Å². The molecule has 0 aliphatic carbocycles. The van der Waals surface area contributed by atoms with Crippen molar-refractivity contribution in [3.05, 3.63) is 53.6 Å². The molecular weight excluding hydrogens is 510 g/mol. The number of nitrogens with two attached hydrogens (primary N) is 1. The van der Waals surface area contributed by atoms with Crippen molar-refractivity contribution < 1.29 is 28.8 Å². The third-order valence-corrected chi connectivity index (χ3v) is 8.20. The van der Waals surface area contributed by atoms with Crippen LogP contribution in [0.1, 0.15) is 43.7 Å². The van der Waals surface area contributed by atoms with Crippen molar-refractivity contribution in [1.82, 2.24) is 4.90 Å². The van der Waals surface area contributed by atoms with Crippen molar-refractivity contribution in [3.63, 3.8) is 0 Å². The molecule has 9 heteroatoms. The summed E-state index contributed by atoms with van der Waals surface area (Å²) in [7, 11) is 3.35. The van der Waals surface area contributed by atoms with Gasteiger partial charge in [0.2, 0.25) is 5.91 Å². The van der Waals surface area contributed by atoms with Crippen molar-refractivity contribution in [2.45, 2.75) is 57.5 Å². The molecule has 4 rings (SSSR count). The molecule has 2 aliphatic rings. The van der Waals surface area contributed by atoms with Crippen LogP contribution in [0.5, 0.6) is 11.5 Å². The number of carbonyl (C=O) groups excluding carboxylic acids is 1. The van der Waals surface area contributed by atoms with Gasteiger partial charge in [0.05, 0.1) is 44.2 Å². The fourth-order valence-electron chi connectivity index (χ4n) is 5.54. The van der Waals surface area contributed by atoms with E-state index >= 15 is 0 Å². The molecule has 2 heterocycles. The summed E-state index contributed by atoms with van der Waals surface area (Å²) in [6.45, 7) is 7.98. The number of aliphatic hydroxyl groups excluding tert-OH is 1. The molecule has 40 heavy (non-hydrogen) atoms. The topological polar surface area (TPSA) is 107 Å². The lowest BCUT2D eigenvalue weighted by atomic mass is 9.84. The van der Waals surface area contributed by atoms with E-state index in [1.54, 1.807) is 19.1 Å². The number of hydrogen-bond acceptors (Lipinski definition) is 8. The molecule has 1 amide bonds. The number of likely N-dealkylation sites (tertiary alicyclic amines) is 1. The number of hydrogen-bond donors (Lipinski definition) is 2. The second kappa shape index (κ2) is 14.2. The Morgan fingerprint density at radius 2 is 1.95 bits per heavy atom. The highest BCUT2D eigenvalue weighted by atomic mass is 16.5. The number of ether oxygens (including phenoxy) is 4. The summed E-state index contributed by atoms with van der Waals surface area (Å²) in [5.41, 5.74) is 9.30. The van der Waals surface area contributed by atoms with Gasteiger partial charge in [0.25, 0.3) is 0 Å². The van der Waals surface area contributed by atoms with E-state index in [4.69, 9.17) is 24.7 Å². The van der Waals surface area contributed by atoms with Crippen LogP contribution in [-0.4, -0.2) is 87.8 Å². The Morgan fingerprint density at radius 3 is 2.65 bits per heavy atom. The molecule has 0 saturated carbocycles. The lowest BCUT2D eigenvalue weighted by molar-refractivity contribution is -0.144. The Hall–Kier alpha value is -2.85. The van der Waals surface area contributed by atoms with E-state index in [1.807, 2.05) is 50.2 Å². The van der Waals surface area contributed by atoms with Crippen LogP contribution in [0.15, 0.2) is 42.5 Å². The smallest absolute Gasteiger partial charge is 0.239 e. The monoisotopic (exact) mass is 555 g/mol. The number of aliphatic hydroxyl groups is 1. The summed E-state index contributed by atoms with van der Waals surface area (Å²) in [6, 6.07) is 13.2. The van der Waals surface area contributed by atoms with Crippen molar-refractivity contribution >= 4 is 11.6 Å². The Labute approximate surface area is 238 Å². The molecule has 0 radical (unpaired) electrons. The lowest BCUT2D eigenvalue weighted by Crippen LogP contribution is -2.57. The maximum Gasteiger partial charge on any atom is 0.239 e. The first-order valence-electron chi connectivity index (χ1n) is 14.3. The van der Waals surface area contributed by atoms with Gasteiger partial charge in [0.1, 0.15) is 18.1 Å². The molecule has 5 atom stereocenters. The van der Waals surface area contributed by atoms with E-state index in [2.05, 4.69) is 11.0 Å². The van der Waals surface area contributed by atoms with Gasteiger partial charge < -0.3 is 39.6 Å². The number of anilines is 1. The number of β-amino-alcohol motifs (C(OH)–C–C–N with tert-alkyl or cyclic N) is 1. The second-order valence-electron chi connectivity index (χ2n) is 10.9. The predicted molar refractivity (Wildman–Crippen MR) is 155 cm³/mol. The molecule has 0 bridgehead atoms. The van der Waals surface area contributed by atoms with E-state index in [0.29, 0.717) is 26.4 Å². The number of rotatable bonds is 12. The first-order chi connectivity index (χ1) is 19.4. The average Bonchev–Trinajstić information content (AvgIpc) is 2.98. The summed E-state index contributed by atoms with van der Waals surface area (Å²) >= 11 is 0. The van der Waals surface area contributed by atoms with Crippen LogP contribution in [0, 0.1) is 5.92 Å². The van der Waals surface area contributed by atoms with Crippen LogP contribution in [0.3, 0.4) is 0 Å². The number of benzene rings is 2. The minimum atomic E-state index is -0.798. The highest BCUT2D eigenvalue weighted by molar-refractivity contribution is 5.82. The minimum Gasteiger partial charge on any atom is -0.497 e. The zero-order valence-corrected chi connectivity index (χ0v) is 24.3. The van der Waals surface area contributed by atoms with E-state index < -0.39 is 18.2 Å². The van der Waals surface area contributed by atoms with Gasteiger partial charge in [-0.25, -0.2) is 0 Å². The van der Waals surface area contributed by atoms with E-state index in [-0.39, 0.29) is 24.3 Å². The molecule has 0 unspecified atom stereocenters. The lowest BCUT2D eigenvalue weighted by Gasteiger charge is -2.43. The zero-order chi connectivity index (χ0) is 28.6. The molecule has 1 saturated heterocycles. The van der Waals surface area contributed by atoms with Gasteiger partial charge in [-0.1, -0.05) is 38.5 Å². The largest absolute Gasteiger partial charge is 0.497 e. The first kappa shape index (κ1) is 30.1. The predicted octanol–water partition coefficient (Wildman–Crippen LogP) is 3.18. The summed E-state index contributed by atoms with van der Waals surface area (Å²) in [5, 5.41) is 11.3. The highest BCUT2D eigenvalue weighted by Crippen LogP contribution is 2.35. The molecule has 2 aromatic rings. The molecule has 1 fully saturated rings. The van der Waals surface area contributed by atoms with Crippen LogP contribution in [0.4, 0.5) is 5.69 Å². The SMILES string of the molecule is CC[C@H](C)[C@H](N)C(=O)N1C[C@@H](O)[C@H](c2ccc(OC)cc2)[C@@H](OCc2ccc3c(c2)N(CCCOC)CCO3)C1. The number of fused-ring (bicyclic) bond motifs is 1. The van der Waals surface area contributed by atoms with Crippen LogP contribution < -0.4 is 20.1 Å². The summed E-state index contributed by atoms with van der Waals surface area (Å²) < 4.78 is 23.0. The maximum absolute atomic E-state index is 13.3. The Bertz CT molecular complexity index is 1100. The quantitative estimate of drug-likeness (QED) is 0.385. The van der Waals surface area contributed by atoms with Crippen molar-refractivity contribution in [2.24, 2.45) is 11.7 Å². The van der Waals surface area contributed by atoms with Gasteiger partial charge in [0, 0.05) is 39.3 Å². The number of methoxy groups -OCH3 is 2. The number of amides is 1. The maximum atomic E-state index is 13.3. The Kier molecular flexibility index (Phi) is 10.7. The molecule has 2 aliphatic heterocycles. The summed E-state index contributed by atoms with van der Waals surface area (Å²) in [6.07, 6.45) is 0.522. The van der Waals surface area contributed by atoms with Crippen molar-refractivity contribution in [1.29, 1.82) is 0 Å². The van der Waals surface area contributed by atoms with E-state index in [1.165, 1.54) is 0 Å². The Balaban J connectivity index is 1.54. The molecule has 220 valence electrons. The number of nitrogens with zero attached hydrogens (tertiary/aromatic N) is 2. The van der Waals surface area contributed by atoms with Crippen molar-refractivity contribution in [3.8, 4) is 11.5 Å². The molecule has 2 aromatic carbocycles. The van der Waals surface area contributed by atoms with Crippen LogP contribution >= 0.6 is 0 Å². The van der Waals surface area contributed by atoms with E-state index in [0.717, 1.165) is 54.2 Å². The van der Waals surface area contributed by atoms with Crippen LogP contribution in [0.25, 0.3) is 0 Å². The fraction of sp³-hybridized carbons (Fsp3) is 0.581. The average molecular weight is 556 g/mol. The number of carbonyl (C=O) groups is 1. The first-order valence-corrected chi connectivity index (χ1v) is 14.3. The van der Waals surface area contributed by atoms with E-state index in [9.17, 15) is 9.90 Å². The zero-order valence-electron chi connectivity index (χ0n) is 24.3. The normalized spacial score (nSPS) is 22.3. The van der Waals surface area contributed by atoms with Gasteiger partial charge in [-0.05, 0) is 47.7 Å². The molecule has 9 nitrogen and oxygen atoms in total. The van der Waals surface area contributed by atoms with Gasteiger partial charge in [-0.2, -0.15) is 0 Å². The van der Waals surface area contributed by atoms with Gasteiger partial charge in [-0.3, -0.25) is 4.79 Å². The van der Waals surface area contributed by atoms with Gasteiger partial charge in [-0.15, -0.1) is 0 Å². The summed E-state index contributed by atoms with van der Waals surface area (Å²) in [5.74, 6) is 1.21. The van der Waals surface area contributed by atoms with Crippen molar-refractivity contribution in [2.75, 3.05) is 58.5 Å². The molecule has 0 aromatic heterocycles. The highest BCUT2D eigenvalue weighted by Gasteiger charge is 2.41. The second-order valence-corrected chi connectivity index (χ2v) is 10.9. The standard InChI is InChI=1S/C31H45N3O6/c1-5-21(2)30(32)31(36)34-18-26(35)29(23-8-10-24(38-4)11-9-23)28(19-34)40-20-22-7-12-27-25(17-22)33(14-16-39-27)13-6-15-37-3/h7-12,17,21,26,28-30,35H,5-6,13-16,18-20,32H2,1-4H3/t21-,26+,28-,29-,30-/m0/s1. The minimum absolute atomic E-state index is 0.0490. The van der Waals surface area contributed by atoms with Gasteiger partial charge in [0.15, 0.2) is 0 Å². The number of piperidine rings is 1. The Morgan fingerprint density at radius 1 is 1.18 bits per heavy atom. The molecule has 3 N–H and O–H groups in total. The fourth-order valence-corrected chi connectivity index (χ4v) is 5.54. The van der Waals surface area contributed by atoms with Gasteiger partial charge >= 0.3 is 0 Å². The molecular formula is C31H45N3O6.